The molecular formula is C4H10N2O3S. The quantitative estimate of drug-likeness (QED) is 0.507. The third kappa shape index (κ3) is 1.66. The second-order valence-corrected chi connectivity index (χ2v) is 3.79. The Morgan fingerprint density at radius 2 is 2.00 bits per heavy atom. The monoisotopic (exact) mass is 166 g/mol. The minimum Gasteiger partial charge on any atom is -0.291 e. The van der Waals surface area contributed by atoms with Crippen molar-refractivity contribution in [2.75, 3.05) is 26.8 Å². The Labute approximate surface area is 60.1 Å². The van der Waals surface area contributed by atoms with Gasteiger partial charge in [0.15, 0.2) is 0 Å². The smallest absolute Gasteiger partial charge is 0.291 e. The number of likely N-dealkylation sites (N-methyl/N-ethyl adjacent to an activating group) is 1. The van der Waals surface area contributed by atoms with Crippen molar-refractivity contribution in [3.05, 3.63) is 0 Å². The van der Waals surface area contributed by atoms with Gasteiger partial charge in [-0.15, -0.1) is 0 Å². The van der Waals surface area contributed by atoms with Crippen molar-refractivity contribution in [3.8, 4) is 0 Å². The average molecular weight is 166 g/mol. The summed E-state index contributed by atoms with van der Waals surface area (Å²) < 4.78 is 30.4. The lowest BCUT2D eigenvalue weighted by Crippen LogP contribution is -2.29. The maximum absolute atomic E-state index is 10.4. The fraction of sp³-hybridized carbons (Fsp3) is 1.00. The van der Waals surface area contributed by atoms with E-state index >= 15 is 0 Å². The van der Waals surface area contributed by atoms with E-state index in [0.29, 0.717) is 19.8 Å². The Morgan fingerprint density at radius 3 is 2.20 bits per heavy atom. The van der Waals surface area contributed by atoms with E-state index in [1.165, 1.54) is 0 Å². The summed E-state index contributed by atoms with van der Waals surface area (Å²) in [4.78, 5) is 1.81. The molecule has 0 aliphatic carbocycles. The topological polar surface area (TPSA) is 60.9 Å². The first-order valence-corrected chi connectivity index (χ1v) is 4.31. The van der Waals surface area contributed by atoms with Crippen LogP contribution in [0.25, 0.3) is 0 Å². The number of nitrogens with zero attached hydrogens (tertiary/aromatic N) is 2. The molecule has 0 spiro atoms. The summed E-state index contributed by atoms with van der Waals surface area (Å²) in [6.07, 6.45) is 0. The largest absolute Gasteiger partial charge is 0.337 e. The molecule has 1 heterocycles. The van der Waals surface area contributed by atoms with Gasteiger partial charge in [0, 0.05) is 13.1 Å². The summed E-state index contributed by atoms with van der Waals surface area (Å²) in [5.41, 5.74) is 0. The first-order valence-electron chi connectivity index (χ1n) is 2.91. The molecule has 1 aliphatic heterocycles. The van der Waals surface area contributed by atoms with Crippen LogP contribution in [-0.2, 0) is 10.3 Å². The average Bonchev–Trinajstić information content (AvgIpc) is 2.11. The van der Waals surface area contributed by atoms with E-state index in [4.69, 9.17) is 4.55 Å². The Hall–Kier alpha value is -0.170. The molecule has 0 aromatic rings. The van der Waals surface area contributed by atoms with Gasteiger partial charge in [0.05, 0.1) is 6.67 Å². The summed E-state index contributed by atoms with van der Waals surface area (Å²) in [6.45, 7) is 1.36. The van der Waals surface area contributed by atoms with E-state index in [0.717, 1.165) is 4.31 Å². The van der Waals surface area contributed by atoms with Gasteiger partial charge in [0.2, 0.25) is 0 Å². The lowest BCUT2D eigenvalue weighted by atomic mass is 10.7. The fourth-order valence-electron chi connectivity index (χ4n) is 0.881. The van der Waals surface area contributed by atoms with Crippen LogP contribution < -0.4 is 0 Å². The Bertz CT molecular complexity index is 213. The van der Waals surface area contributed by atoms with Gasteiger partial charge in [-0.05, 0) is 7.05 Å². The minimum absolute atomic E-state index is 0.291. The van der Waals surface area contributed by atoms with Crippen molar-refractivity contribution in [2.45, 2.75) is 0 Å². The molecule has 1 N–H and O–H groups in total. The SMILES string of the molecule is CN1CCN(S(=O)(=O)O)C1. The molecule has 10 heavy (non-hydrogen) atoms. The standard InChI is InChI=1S/C4H10N2O3S/c1-5-2-3-6(4-5)10(7,8)9/h2-4H2,1H3,(H,7,8,9). The molecule has 0 bridgehead atoms. The van der Waals surface area contributed by atoms with Crippen LogP contribution in [0.1, 0.15) is 0 Å². The van der Waals surface area contributed by atoms with E-state index in [1.54, 1.807) is 7.05 Å². The molecule has 60 valence electrons. The van der Waals surface area contributed by atoms with Crippen LogP contribution in [0, 0.1) is 0 Å². The highest BCUT2D eigenvalue weighted by molar-refractivity contribution is 7.83. The number of hydrogen-bond acceptors (Lipinski definition) is 3. The summed E-state index contributed by atoms with van der Waals surface area (Å²) in [6, 6.07) is 0. The van der Waals surface area contributed by atoms with Crippen molar-refractivity contribution >= 4 is 10.3 Å². The van der Waals surface area contributed by atoms with Crippen LogP contribution in [0.3, 0.4) is 0 Å². The molecule has 0 radical (unpaired) electrons. The van der Waals surface area contributed by atoms with Crippen LogP contribution in [-0.4, -0.2) is 49.0 Å². The Balaban J connectivity index is 2.62. The molecule has 1 aliphatic rings. The molecule has 1 fully saturated rings. The Morgan fingerprint density at radius 1 is 1.40 bits per heavy atom. The molecule has 0 aromatic heterocycles. The van der Waals surface area contributed by atoms with Gasteiger partial charge in [0.1, 0.15) is 0 Å². The van der Waals surface area contributed by atoms with Crippen LogP contribution >= 0.6 is 0 Å². The van der Waals surface area contributed by atoms with Gasteiger partial charge in [-0.2, -0.15) is 12.7 Å². The summed E-state index contributed by atoms with van der Waals surface area (Å²) >= 11 is 0. The van der Waals surface area contributed by atoms with E-state index in [2.05, 4.69) is 0 Å². The molecule has 0 atom stereocenters. The van der Waals surface area contributed by atoms with Gasteiger partial charge >= 0.3 is 10.3 Å². The van der Waals surface area contributed by atoms with Crippen LogP contribution in [0.15, 0.2) is 0 Å². The minimum atomic E-state index is -3.94. The van der Waals surface area contributed by atoms with E-state index in [1.807, 2.05) is 4.90 Å². The zero-order chi connectivity index (χ0) is 7.78. The first-order chi connectivity index (χ1) is 4.50. The predicted octanol–water partition coefficient (Wildman–Crippen LogP) is -1.01. The molecule has 1 rings (SSSR count). The van der Waals surface area contributed by atoms with Crippen LogP contribution in [0.2, 0.25) is 0 Å². The molecule has 5 nitrogen and oxygen atoms in total. The highest BCUT2D eigenvalue weighted by Gasteiger charge is 2.25. The van der Waals surface area contributed by atoms with Gasteiger partial charge in [-0.1, -0.05) is 0 Å². The Kier molecular flexibility index (Phi) is 1.95. The zero-order valence-corrected chi connectivity index (χ0v) is 6.50. The number of hydrogen-bond donors (Lipinski definition) is 1. The van der Waals surface area contributed by atoms with Crippen molar-refractivity contribution in [2.24, 2.45) is 0 Å². The van der Waals surface area contributed by atoms with Gasteiger partial charge in [-0.3, -0.25) is 9.45 Å². The van der Waals surface area contributed by atoms with Gasteiger partial charge in [-0.25, -0.2) is 0 Å². The highest BCUT2D eigenvalue weighted by Crippen LogP contribution is 2.05. The zero-order valence-electron chi connectivity index (χ0n) is 5.69. The van der Waals surface area contributed by atoms with Crippen LogP contribution in [0.5, 0.6) is 0 Å². The maximum atomic E-state index is 10.4. The lowest BCUT2D eigenvalue weighted by Gasteiger charge is -2.09. The van der Waals surface area contributed by atoms with Crippen molar-refractivity contribution in [1.82, 2.24) is 9.21 Å². The molecule has 0 amide bonds. The molecule has 0 unspecified atom stereocenters. The molecule has 1 saturated heterocycles. The second kappa shape index (κ2) is 2.46. The molecular weight excluding hydrogens is 156 g/mol. The fourth-order valence-corrected chi connectivity index (χ4v) is 1.54. The van der Waals surface area contributed by atoms with Crippen molar-refractivity contribution in [1.29, 1.82) is 0 Å². The summed E-state index contributed by atoms with van der Waals surface area (Å²) in [5, 5.41) is 0. The van der Waals surface area contributed by atoms with Crippen LogP contribution in [0.4, 0.5) is 0 Å². The van der Waals surface area contributed by atoms with E-state index in [-0.39, 0.29) is 0 Å². The van der Waals surface area contributed by atoms with Gasteiger partial charge in [0.25, 0.3) is 0 Å². The molecule has 6 heteroatoms. The number of rotatable bonds is 1. The highest BCUT2D eigenvalue weighted by atomic mass is 32.2. The van der Waals surface area contributed by atoms with Gasteiger partial charge < -0.3 is 0 Å². The van der Waals surface area contributed by atoms with Crippen molar-refractivity contribution in [3.63, 3.8) is 0 Å². The third-order valence-corrected chi connectivity index (χ3v) is 2.41. The normalized spacial score (nSPS) is 23.8. The summed E-state index contributed by atoms with van der Waals surface area (Å²) in [7, 11) is -2.15. The first kappa shape index (κ1) is 7.93. The third-order valence-electron chi connectivity index (χ3n) is 1.46. The predicted molar refractivity (Wildman–Crippen MR) is 35.8 cm³/mol. The van der Waals surface area contributed by atoms with Crippen molar-refractivity contribution < 1.29 is 13.0 Å². The lowest BCUT2D eigenvalue weighted by molar-refractivity contribution is 0.333. The van der Waals surface area contributed by atoms with E-state index in [9.17, 15) is 8.42 Å². The maximum Gasteiger partial charge on any atom is 0.337 e. The molecule has 0 aromatic carbocycles. The second-order valence-electron chi connectivity index (χ2n) is 2.37. The summed E-state index contributed by atoms with van der Waals surface area (Å²) in [5.74, 6) is 0. The van der Waals surface area contributed by atoms with E-state index < -0.39 is 10.3 Å². The molecule has 0 saturated carbocycles.